The van der Waals surface area contributed by atoms with Crippen molar-refractivity contribution in [3.8, 4) is 11.8 Å². The van der Waals surface area contributed by atoms with Gasteiger partial charge in [-0.25, -0.2) is 0 Å². The van der Waals surface area contributed by atoms with Crippen molar-refractivity contribution in [2.45, 2.75) is 18.6 Å². The zero-order valence-electron chi connectivity index (χ0n) is 11.5. The van der Waals surface area contributed by atoms with Crippen molar-refractivity contribution in [3.05, 3.63) is 29.6 Å². The predicted octanol–water partition coefficient (Wildman–Crippen LogP) is 0.312. The van der Waals surface area contributed by atoms with Crippen LogP contribution in [0.25, 0.3) is 0 Å². The summed E-state index contributed by atoms with van der Waals surface area (Å²) in [4.78, 5) is 16.0. The predicted molar refractivity (Wildman–Crippen MR) is 78.7 cm³/mol. The number of hydrogen-bond acceptors (Lipinski definition) is 4. The molecule has 1 amide bonds. The molecular formula is C14H18N2O3S. The Morgan fingerprint density at radius 1 is 1.60 bits per heavy atom. The van der Waals surface area contributed by atoms with Gasteiger partial charge in [0.2, 0.25) is 0 Å². The molecule has 108 valence electrons. The maximum absolute atomic E-state index is 12.1. The molecule has 1 aromatic rings. The summed E-state index contributed by atoms with van der Waals surface area (Å²) in [5.41, 5.74) is 0.947. The normalized spacial score (nSPS) is 12.9. The minimum atomic E-state index is -0.977. The van der Waals surface area contributed by atoms with Crippen LogP contribution in [-0.2, 0) is 10.8 Å². The molecular weight excluding hydrogens is 276 g/mol. The highest BCUT2D eigenvalue weighted by molar-refractivity contribution is 7.84. The van der Waals surface area contributed by atoms with Gasteiger partial charge in [0, 0.05) is 47.7 Å². The Balaban J connectivity index is 2.78. The molecule has 0 saturated carbocycles. The minimum Gasteiger partial charge on any atom is -0.395 e. The highest BCUT2D eigenvalue weighted by Crippen LogP contribution is 2.05. The van der Waals surface area contributed by atoms with Crippen LogP contribution in [0, 0.1) is 11.8 Å². The van der Waals surface area contributed by atoms with Crippen LogP contribution >= 0.6 is 0 Å². The number of carbonyl (C=O) groups excluding carboxylic acids is 1. The first-order chi connectivity index (χ1) is 9.56. The Hall–Kier alpha value is -1.71. The first-order valence-electron chi connectivity index (χ1n) is 6.20. The number of rotatable bonds is 5. The molecule has 5 nitrogen and oxygen atoms in total. The van der Waals surface area contributed by atoms with E-state index in [0.717, 1.165) is 0 Å². The summed E-state index contributed by atoms with van der Waals surface area (Å²) in [6.07, 6.45) is 4.99. The van der Waals surface area contributed by atoms with E-state index in [-0.39, 0.29) is 17.8 Å². The lowest BCUT2D eigenvalue weighted by Gasteiger charge is -2.10. The number of nitrogens with one attached hydrogen (secondary N) is 1. The third-order valence-electron chi connectivity index (χ3n) is 2.64. The summed E-state index contributed by atoms with van der Waals surface area (Å²) in [5.74, 6) is 5.31. The second kappa shape index (κ2) is 8.46. The van der Waals surface area contributed by atoms with Crippen LogP contribution in [0.3, 0.4) is 0 Å². The maximum atomic E-state index is 12.1. The summed E-state index contributed by atoms with van der Waals surface area (Å²) in [6.45, 7) is 2.13. The fourth-order valence-corrected chi connectivity index (χ4v) is 1.67. The van der Waals surface area contributed by atoms with Crippen LogP contribution in [0.4, 0.5) is 0 Å². The van der Waals surface area contributed by atoms with Crippen LogP contribution in [-0.4, -0.2) is 44.9 Å². The van der Waals surface area contributed by atoms with E-state index in [4.69, 9.17) is 5.11 Å². The van der Waals surface area contributed by atoms with Gasteiger partial charge in [-0.15, -0.1) is 0 Å². The zero-order chi connectivity index (χ0) is 15.0. The van der Waals surface area contributed by atoms with Crippen LogP contribution < -0.4 is 5.32 Å². The second-order valence-corrected chi connectivity index (χ2v) is 6.02. The minimum absolute atomic E-state index is 0.0192. The Morgan fingerprint density at radius 2 is 2.35 bits per heavy atom. The van der Waals surface area contributed by atoms with Crippen molar-refractivity contribution in [2.75, 3.05) is 19.4 Å². The average molecular weight is 294 g/mol. The lowest BCUT2D eigenvalue weighted by atomic mass is 10.1. The van der Waals surface area contributed by atoms with Gasteiger partial charge in [0.15, 0.2) is 0 Å². The van der Waals surface area contributed by atoms with E-state index in [9.17, 15) is 9.00 Å². The molecule has 1 rings (SSSR count). The van der Waals surface area contributed by atoms with E-state index in [2.05, 4.69) is 22.1 Å². The van der Waals surface area contributed by atoms with Gasteiger partial charge in [-0.05, 0) is 13.0 Å². The van der Waals surface area contributed by atoms with Crippen LogP contribution in [0.15, 0.2) is 18.5 Å². The van der Waals surface area contributed by atoms with E-state index in [1.807, 2.05) is 6.92 Å². The molecule has 2 atom stereocenters. The van der Waals surface area contributed by atoms with Gasteiger partial charge in [-0.3, -0.25) is 14.0 Å². The zero-order valence-corrected chi connectivity index (χ0v) is 12.4. The summed E-state index contributed by atoms with van der Waals surface area (Å²) < 4.78 is 11.2. The van der Waals surface area contributed by atoms with E-state index in [1.165, 1.54) is 12.4 Å². The molecule has 0 aromatic carbocycles. The number of aliphatic hydroxyl groups excluding tert-OH is 1. The number of pyridine rings is 1. The van der Waals surface area contributed by atoms with Gasteiger partial charge >= 0.3 is 0 Å². The molecule has 0 saturated heterocycles. The van der Waals surface area contributed by atoms with Gasteiger partial charge in [-0.1, -0.05) is 11.8 Å². The highest BCUT2D eigenvalue weighted by atomic mass is 32.2. The molecule has 20 heavy (non-hydrogen) atoms. The lowest BCUT2D eigenvalue weighted by Crippen LogP contribution is -2.33. The van der Waals surface area contributed by atoms with E-state index in [1.54, 1.807) is 12.3 Å². The quantitative estimate of drug-likeness (QED) is 0.766. The van der Waals surface area contributed by atoms with Crippen LogP contribution in [0.5, 0.6) is 0 Å². The lowest BCUT2D eigenvalue weighted by molar-refractivity contribution is 0.0953. The van der Waals surface area contributed by atoms with Crippen LogP contribution in [0.2, 0.25) is 0 Å². The van der Waals surface area contributed by atoms with E-state index >= 15 is 0 Å². The van der Waals surface area contributed by atoms with Gasteiger partial charge in [0.25, 0.3) is 5.91 Å². The first-order valence-corrected chi connectivity index (χ1v) is 7.82. The fraction of sp³-hybridized carbons (Fsp3) is 0.429. The topological polar surface area (TPSA) is 79.3 Å². The number of aromatic nitrogens is 1. The van der Waals surface area contributed by atoms with Gasteiger partial charge in [-0.2, -0.15) is 0 Å². The third-order valence-corrected chi connectivity index (χ3v) is 3.94. The summed E-state index contributed by atoms with van der Waals surface area (Å²) in [5, 5.41) is 11.3. The smallest absolute Gasteiger partial charge is 0.252 e. The number of nitrogens with zero attached hydrogens (tertiary/aromatic N) is 1. The third kappa shape index (κ3) is 5.11. The average Bonchev–Trinajstić information content (AvgIpc) is 2.45. The van der Waals surface area contributed by atoms with Crippen LogP contribution in [0.1, 0.15) is 29.3 Å². The van der Waals surface area contributed by atoms with E-state index in [0.29, 0.717) is 24.1 Å². The van der Waals surface area contributed by atoms with Crippen molar-refractivity contribution >= 4 is 16.7 Å². The standard InChI is InChI=1S/C14H18N2O3S/c1-11(20(2)19)9-16-14(18)13-6-7-15-10-12(13)5-3-4-8-17/h6-7,10-11,17H,4,8-9H2,1-2H3,(H,16,18). The Labute approximate surface area is 121 Å². The van der Waals surface area contributed by atoms with E-state index < -0.39 is 10.8 Å². The van der Waals surface area contributed by atoms with Crippen molar-refractivity contribution in [2.24, 2.45) is 0 Å². The first kappa shape index (κ1) is 16.3. The number of aliphatic hydroxyl groups is 1. The van der Waals surface area contributed by atoms with Gasteiger partial charge < -0.3 is 10.4 Å². The maximum Gasteiger partial charge on any atom is 0.252 e. The number of carbonyl (C=O) groups is 1. The largest absolute Gasteiger partial charge is 0.395 e. The summed E-state index contributed by atoms with van der Waals surface area (Å²) >= 11 is 0. The number of amides is 1. The van der Waals surface area contributed by atoms with Crippen molar-refractivity contribution < 1.29 is 14.1 Å². The molecule has 0 fully saturated rings. The van der Waals surface area contributed by atoms with Crippen molar-refractivity contribution in [1.82, 2.24) is 10.3 Å². The Bertz CT molecular complexity index is 549. The monoisotopic (exact) mass is 294 g/mol. The van der Waals surface area contributed by atoms with Gasteiger partial charge in [0.1, 0.15) is 0 Å². The molecule has 6 heteroatoms. The molecule has 0 aliphatic heterocycles. The SMILES string of the molecule is CC(CNC(=O)c1ccncc1C#CCCO)S(C)=O. The van der Waals surface area contributed by atoms with Crippen molar-refractivity contribution in [3.63, 3.8) is 0 Å². The highest BCUT2D eigenvalue weighted by Gasteiger charge is 2.12. The molecule has 1 aromatic heterocycles. The fourth-order valence-electron chi connectivity index (χ4n) is 1.35. The molecule has 1 heterocycles. The Morgan fingerprint density at radius 3 is 3.00 bits per heavy atom. The van der Waals surface area contributed by atoms with Gasteiger partial charge in [0.05, 0.1) is 17.7 Å². The molecule has 0 aliphatic carbocycles. The summed E-state index contributed by atoms with van der Waals surface area (Å²) in [6, 6.07) is 1.59. The molecule has 0 aliphatic rings. The second-order valence-electron chi connectivity index (χ2n) is 4.22. The number of hydrogen-bond donors (Lipinski definition) is 2. The molecule has 2 N–H and O–H groups in total. The Kier molecular flexibility index (Phi) is 6.91. The molecule has 0 bridgehead atoms. The summed E-state index contributed by atoms with van der Waals surface area (Å²) in [7, 11) is -0.977. The molecule has 2 unspecified atom stereocenters. The molecule has 0 spiro atoms. The molecule has 0 radical (unpaired) electrons. The van der Waals surface area contributed by atoms with Crippen molar-refractivity contribution in [1.29, 1.82) is 0 Å².